The van der Waals surface area contributed by atoms with Gasteiger partial charge in [-0.15, -0.1) is 0 Å². The third-order valence-electron chi connectivity index (χ3n) is 4.31. The van der Waals surface area contributed by atoms with Crippen molar-refractivity contribution in [2.24, 2.45) is 0 Å². The highest BCUT2D eigenvalue weighted by Crippen LogP contribution is 2.13. The largest absolute Gasteiger partial charge is 0.352 e. The molecule has 0 radical (unpaired) electrons. The predicted molar refractivity (Wildman–Crippen MR) is 99.5 cm³/mol. The van der Waals surface area contributed by atoms with Crippen LogP contribution in [-0.2, 0) is 11.3 Å². The first kappa shape index (κ1) is 17.6. The van der Waals surface area contributed by atoms with Crippen molar-refractivity contribution in [3.05, 3.63) is 58.3 Å². The van der Waals surface area contributed by atoms with Gasteiger partial charge in [-0.1, -0.05) is 30.3 Å². The molecule has 1 aromatic heterocycles. The second kappa shape index (κ2) is 8.78. The maximum atomic E-state index is 12.1. The maximum Gasteiger partial charge on any atom is 0.252 e. The number of hydrogen-bond donors (Lipinski definition) is 2. The molecule has 1 atom stereocenters. The van der Waals surface area contributed by atoms with Crippen molar-refractivity contribution in [2.45, 2.75) is 25.4 Å². The highest BCUT2D eigenvalue weighted by molar-refractivity contribution is 7.08. The number of nitrogens with zero attached hydrogens (tertiary/aromatic N) is 1. The molecule has 1 aromatic carbocycles. The van der Waals surface area contributed by atoms with E-state index in [1.165, 1.54) is 16.9 Å². The van der Waals surface area contributed by atoms with E-state index in [1.807, 2.05) is 11.4 Å². The van der Waals surface area contributed by atoms with Crippen LogP contribution in [0.25, 0.3) is 0 Å². The lowest BCUT2D eigenvalue weighted by Crippen LogP contribution is -2.38. The molecular weight excluding hydrogens is 334 g/mol. The normalized spacial score (nSPS) is 17.4. The number of carbonyl (C=O) groups is 2. The van der Waals surface area contributed by atoms with Gasteiger partial charge in [0.05, 0.1) is 0 Å². The summed E-state index contributed by atoms with van der Waals surface area (Å²) in [4.78, 5) is 26.2. The van der Waals surface area contributed by atoms with Crippen molar-refractivity contribution in [3.63, 3.8) is 0 Å². The van der Waals surface area contributed by atoms with Crippen LogP contribution in [0.4, 0.5) is 0 Å². The summed E-state index contributed by atoms with van der Waals surface area (Å²) >= 11 is 1.48. The van der Waals surface area contributed by atoms with Gasteiger partial charge in [0.2, 0.25) is 5.91 Å². The van der Waals surface area contributed by atoms with Crippen LogP contribution in [0.2, 0.25) is 0 Å². The molecule has 6 heteroatoms. The zero-order valence-corrected chi connectivity index (χ0v) is 14.9. The van der Waals surface area contributed by atoms with Gasteiger partial charge in [0.15, 0.2) is 0 Å². The molecule has 5 nitrogen and oxygen atoms in total. The molecule has 0 spiro atoms. The third-order valence-corrected chi connectivity index (χ3v) is 4.99. The first-order valence-corrected chi connectivity index (χ1v) is 9.51. The Morgan fingerprint density at radius 2 is 2.04 bits per heavy atom. The Morgan fingerprint density at radius 3 is 2.80 bits per heavy atom. The minimum absolute atomic E-state index is 0.00261. The van der Waals surface area contributed by atoms with Gasteiger partial charge in [-0.25, -0.2) is 0 Å². The average molecular weight is 357 g/mol. The Kier molecular flexibility index (Phi) is 6.19. The minimum Gasteiger partial charge on any atom is -0.352 e. The Bertz CT molecular complexity index is 688. The van der Waals surface area contributed by atoms with Crippen LogP contribution in [-0.4, -0.2) is 42.4 Å². The molecule has 2 amide bonds. The first-order chi connectivity index (χ1) is 12.2. The molecule has 0 saturated carbocycles. The molecular formula is C19H23N3O2S. The van der Waals surface area contributed by atoms with Gasteiger partial charge >= 0.3 is 0 Å². The van der Waals surface area contributed by atoms with E-state index in [2.05, 4.69) is 39.8 Å². The summed E-state index contributed by atoms with van der Waals surface area (Å²) < 4.78 is 0. The summed E-state index contributed by atoms with van der Waals surface area (Å²) in [6.45, 7) is 3.15. The van der Waals surface area contributed by atoms with Crippen LogP contribution in [0.5, 0.6) is 0 Å². The number of amides is 2. The van der Waals surface area contributed by atoms with Crippen LogP contribution < -0.4 is 10.6 Å². The third kappa shape index (κ3) is 5.41. The highest BCUT2D eigenvalue weighted by atomic mass is 32.1. The smallest absolute Gasteiger partial charge is 0.252 e. The van der Waals surface area contributed by atoms with Crippen molar-refractivity contribution in [3.8, 4) is 0 Å². The van der Waals surface area contributed by atoms with Crippen LogP contribution in [0, 0.1) is 0 Å². The number of hydrogen-bond acceptors (Lipinski definition) is 4. The van der Waals surface area contributed by atoms with Crippen LogP contribution in [0.1, 0.15) is 28.8 Å². The number of rotatable bonds is 7. The fraction of sp³-hybridized carbons (Fsp3) is 0.368. The maximum absolute atomic E-state index is 12.1. The van der Waals surface area contributed by atoms with Crippen LogP contribution in [0.15, 0.2) is 47.2 Å². The van der Waals surface area contributed by atoms with Crippen molar-refractivity contribution >= 4 is 23.2 Å². The van der Waals surface area contributed by atoms with Gasteiger partial charge in [-0.2, -0.15) is 11.3 Å². The Hall–Kier alpha value is -2.18. The van der Waals surface area contributed by atoms with E-state index < -0.39 is 0 Å². The van der Waals surface area contributed by atoms with Crippen molar-refractivity contribution in [2.75, 3.05) is 19.6 Å². The van der Waals surface area contributed by atoms with Crippen molar-refractivity contribution in [1.29, 1.82) is 0 Å². The molecule has 2 N–H and O–H groups in total. The monoisotopic (exact) mass is 357 g/mol. The lowest BCUT2D eigenvalue weighted by atomic mass is 10.2. The van der Waals surface area contributed by atoms with Crippen LogP contribution >= 0.6 is 11.3 Å². The molecule has 1 saturated heterocycles. The van der Waals surface area contributed by atoms with Crippen LogP contribution in [0.3, 0.4) is 0 Å². The van der Waals surface area contributed by atoms with E-state index in [0.717, 1.165) is 26.1 Å². The fourth-order valence-corrected chi connectivity index (χ4v) is 3.66. The molecule has 1 aliphatic heterocycles. The Balaban J connectivity index is 1.34. The second-order valence-corrected chi connectivity index (χ2v) is 7.07. The Labute approximate surface area is 152 Å². The summed E-state index contributed by atoms with van der Waals surface area (Å²) in [5.41, 5.74) is 1.95. The molecule has 25 heavy (non-hydrogen) atoms. The quantitative estimate of drug-likeness (QED) is 0.799. The number of benzene rings is 1. The fourth-order valence-electron chi connectivity index (χ4n) is 3.02. The SMILES string of the molecule is O=C(CCNC(=O)c1ccsc1)NC1CCN(Cc2ccccc2)C1. The molecule has 3 rings (SSSR count). The number of thiophene rings is 1. The van der Waals surface area contributed by atoms with Crippen molar-refractivity contribution < 1.29 is 9.59 Å². The molecule has 2 heterocycles. The molecule has 1 aliphatic rings. The van der Waals surface area contributed by atoms with Crippen molar-refractivity contribution in [1.82, 2.24) is 15.5 Å². The molecule has 2 aromatic rings. The number of nitrogens with one attached hydrogen (secondary N) is 2. The van der Waals surface area contributed by atoms with Gasteiger partial charge in [0.1, 0.15) is 0 Å². The topological polar surface area (TPSA) is 61.4 Å². The van der Waals surface area contributed by atoms with E-state index >= 15 is 0 Å². The first-order valence-electron chi connectivity index (χ1n) is 8.57. The summed E-state index contributed by atoms with van der Waals surface area (Å²) in [5.74, 6) is -0.124. The summed E-state index contributed by atoms with van der Waals surface area (Å²) in [5, 5.41) is 9.52. The molecule has 1 fully saturated rings. The average Bonchev–Trinajstić information content (AvgIpc) is 3.28. The number of carbonyl (C=O) groups excluding carboxylic acids is 2. The lowest BCUT2D eigenvalue weighted by Gasteiger charge is -2.17. The van der Waals surface area contributed by atoms with E-state index in [4.69, 9.17) is 0 Å². The molecule has 132 valence electrons. The highest BCUT2D eigenvalue weighted by Gasteiger charge is 2.23. The van der Waals surface area contributed by atoms with E-state index in [-0.39, 0.29) is 17.9 Å². The van der Waals surface area contributed by atoms with Gasteiger partial charge in [0, 0.05) is 49.6 Å². The van der Waals surface area contributed by atoms with Gasteiger partial charge in [0.25, 0.3) is 5.91 Å². The van der Waals surface area contributed by atoms with Gasteiger partial charge in [-0.05, 0) is 23.4 Å². The minimum atomic E-state index is -0.121. The predicted octanol–water partition coefficient (Wildman–Crippen LogP) is 2.26. The van der Waals surface area contributed by atoms with Gasteiger partial charge in [-0.3, -0.25) is 14.5 Å². The zero-order valence-electron chi connectivity index (χ0n) is 14.1. The molecule has 1 unspecified atom stereocenters. The van der Waals surface area contributed by atoms with E-state index in [0.29, 0.717) is 18.5 Å². The summed E-state index contributed by atoms with van der Waals surface area (Å²) in [7, 11) is 0. The van der Waals surface area contributed by atoms with E-state index in [9.17, 15) is 9.59 Å². The Morgan fingerprint density at radius 1 is 1.20 bits per heavy atom. The summed E-state index contributed by atoms with van der Waals surface area (Å²) in [6.07, 6.45) is 1.28. The second-order valence-electron chi connectivity index (χ2n) is 6.29. The zero-order chi connectivity index (χ0) is 17.5. The standard InChI is InChI=1S/C19H23N3O2S/c23-18(6-9-20-19(24)16-8-11-25-14-16)21-17-7-10-22(13-17)12-15-4-2-1-3-5-15/h1-5,8,11,14,17H,6-7,9-10,12-13H2,(H,20,24)(H,21,23). The summed E-state index contributed by atoms with van der Waals surface area (Å²) in [6, 6.07) is 12.4. The number of likely N-dealkylation sites (tertiary alicyclic amines) is 1. The molecule has 0 aliphatic carbocycles. The van der Waals surface area contributed by atoms with E-state index in [1.54, 1.807) is 11.4 Å². The lowest BCUT2D eigenvalue weighted by molar-refractivity contribution is -0.121. The van der Waals surface area contributed by atoms with Gasteiger partial charge < -0.3 is 10.6 Å². The molecule has 0 bridgehead atoms.